The van der Waals surface area contributed by atoms with Crippen LogP contribution in [-0.2, 0) is 6.18 Å². The third-order valence-corrected chi connectivity index (χ3v) is 4.95. The highest BCUT2D eigenvalue weighted by Gasteiger charge is 2.32. The number of carbonyl (C=O) groups is 1. The van der Waals surface area contributed by atoms with Crippen LogP contribution in [0.15, 0.2) is 60.7 Å². The van der Waals surface area contributed by atoms with Gasteiger partial charge in [-0.2, -0.15) is 13.2 Å². The molecule has 156 valence electrons. The summed E-state index contributed by atoms with van der Waals surface area (Å²) in [5, 5.41) is 7.57. The Kier molecular flexibility index (Phi) is 5.50. The first-order valence-electron chi connectivity index (χ1n) is 9.55. The van der Waals surface area contributed by atoms with Crippen molar-refractivity contribution in [3.8, 4) is 5.75 Å². The van der Waals surface area contributed by atoms with E-state index in [-0.39, 0.29) is 5.69 Å². The summed E-state index contributed by atoms with van der Waals surface area (Å²) in [6.07, 6.45) is -5.36. The second-order valence-corrected chi connectivity index (χ2v) is 6.99. The Bertz CT molecular complexity index is 1060. The predicted octanol–water partition coefficient (Wildman–Crippen LogP) is 4.88. The van der Waals surface area contributed by atoms with Crippen LogP contribution >= 0.6 is 0 Å². The van der Waals surface area contributed by atoms with Crippen LogP contribution in [0.25, 0.3) is 10.8 Å². The van der Waals surface area contributed by atoms with Crippen LogP contribution in [0.5, 0.6) is 5.75 Å². The zero-order chi connectivity index (χ0) is 21.1. The van der Waals surface area contributed by atoms with Crippen LogP contribution in [0, 0.1) is 0 Å². The number of halogens is 3. The molecule has 0 aromatic heterocycles. The number of anilines is 2. The molecular formula is C22H20F3N3O2. The molecule has 0 atom stereocenters. The van der Waals surface area contributed by atoms with E-state index < -0.39 is 17.8 Å². The monoisotopic (exact) mass is 415 g/mol. The van der Waals surface area contributed by atoms with Gasteiger partial charge in [0.2, 0.25) is 0 Å². The number of amides is 1. The van der Waals surface area contributed by atoms with Crippen molar-refractivity contribution in [3.63, 3.8) is 0 Å². The molecule has 0 saturated carbocycles. The minimum absolute atomic E-state index is 0.0671. The van der Waals surface area contributed by atoms with Gasteiger partial charge in [-0.1, -0.05) is 30.3 Å². The average molecular weight is 415 g/mol. The number of hydrogen-bond donors (Lipinski definition) is 2. The number of piperazine rings is 1. The van der Waals surface area contributed by atoms with Crippen LogP contribution in [0.4, 0.5) is 29.3 Å². The summed E-state index contributed by atoms with van der Waals surface area (Å²) in [5.74, 6) is 0.307. The zero-order valence-electron chi connectivity index (χ0n) is 16.0. The maximum absolute atomic E-state index is 13.2. The molecule has 0 bridgehead atoms. The summed E-state index contributed by atoms with van der Waals surface area (Å²) in [4.78, 5) is 14.4. The number of hydrogen-bond acceptors (Lipinski definition) is 4. The summed E-state index contributed by atoms with van der Waals surface area (Å²) in [6, 6.07) is 16.1. The summed E-state index contributed by atoms with van der Waals surface area (Å²) in [6.45, 7) is 2.67. The number of carbonyl (C=O) groups excluding carboxylic acids is 1. The van der Waals surface area contributed by atoms with Crippen molar-refractivity contribution < 1.29 is 22.7 Å². The molecule has 4 rings (SSSR count). The third kappa shape index (κ3) is 4.49. The van der Waals surface area contributed by atoms with Gasteiger partial charge in [0.15, 0.2) is 0 Å². The third-order valence-electron chi connectivity index (χ3n) is 4.95. The number of rotatable bonds is 3. The first kappa shape index (κ1) is 20.0. The van der Waals surface area contributed by atoms with Crippen molar-refractivity contribution >= 4 is 28.2 Å². The van der Waals surface area contributed by atoms with Crippen molar-refractivity contribution in [1.29, 1.82) is 0 Å². The molecule has 2 N–H and O–H groups in total. The fraction of sp³-hybridized carbons (Fsp3) is 0.227. The molecule has 1 amide bonds. The van der Waals surface area contributed by atoms with E-state index in [2.05, 4.69) is 10.6 Å². The van der Waals surface area contributed by atoms with Gasteiger partial charge in [0.25, 0.3) is 0 Å². The van der Waals surface area contributed by atoms with E-state index in [1.807, 2.05) is 35.2 Å². The standard InChI is InChI=1S/C22H20F3N3O2/c23-22(24,25)17-6-8-20(28-11-9-26-10-12-28)19(14-17)27-21(29)30-18-7-5-15-3-1-2-4-16(15)13-18/h1-8,13-14,26H,9-12H2,(H,27,29). The molecule has 0 spiro atoms. The lowest BCUT2D eigenvalue weighted by molar-refractivity contribution is -0.137. The number of nitrogens with zero attached hydrogens (tertiary/aromatic N) is 1. The minimum atomic E-state index is -4.51. The molecule has 0 radical (unpaired) electrons. The molecule has 8 heteroatoms. The Morgan fingerprint density at radius 2 is 1.70 bits per heavy atom. The van der Waals surface area contributed by atoms with Crippen molar-refractivity contribution in [2.45, 2.75) is 6.18 Å². The summed E-state index contributed by atoms with van der Waals surface area (Å²) in [7, 11) is 0. The van der Waals surface area contributed by atoms with E-state index in [1.54, 1.807) is 12.1 Å². The molecule has 3 aromatic rings. The highest BCUT2D eigenvalue weighted by molar-refractivity contribution is 5.92. The molecule has 1 saturated heterocycles. The summed E-state index contributed by atoms with van der Waals surface area (Å²) < 4.78 is 45.0. The number of fused-ring (bicyclic) bond motifs is 1. The van der Waals surface area contributed by atoms with Gasteiger partial charge in [-0.05, 0) is 41.1 Å². The number of nitrogens with one attached hydrogen (secondary N) is 2. The van der Waals surface area contributed by atoms with Crippen molar-refractivity contribution in [1.82, 2.24) is 5.32 Å². The van der Waals surface area contributed by atoms with E-state index >= 15 is 0 Å². The van der Waals surface area contributed by atoms with Crippen LogP contribution in [0.1, 0.15) is 5.56 Å². The Morgan fingerprint density at radius 3 is 2.43 bits per heavy atom. The SMILES string of the molecule is O=C(Nc1cc(C(F)(F)F)ccc1N1CCNCC1)Oc1ccc2ccccc2c1. The van der Waals surface area contributed by atoms with E-state index in [1.165, 1.54) is 6.07 Å². The average Bonchev–Trinajstić information content (AvgIpc) is 2.73. The summed E-state index contributed by atoms with van der Waals surface area (Å²) >= 11 is 0. The Hall–Kier alpha value is -3.26. The number of benzene rings is 3. The van der Waals surface area contributed by atoms with Gasteiger partial charge >= 0.3 is 12.3 Å². The fourth-order valence-corrected chi connectivity index (χ4v) is 3.47. The zero-order valence-corrected chi connectivity index (χ0v) is 16.0. The molecule has 1 fully saturated rings. The van der Waals surface area contributed by atoms with E-state index in [0.717, 1.165) is 22.9 Å². The van der Waals surface area contributed by atoms with E-state index in [0.29, 0.717) is 37.6 Å². The number of ether oxygens (including phenoxy) is 1. The van der Waals surface area contributed by atoms with Gasteiger partial charge in [-0.3, -0.25) is 5.32 Å². The Labute approximate surface area is 171 Å². The van der Waals surface area contributed by atoms with Crippen LogP contribution < -0.4 is 20.3 Å². The molecule has 3 aromatic carbocycles. The second-order valence-electron chi connectivity index (χ2n) is 6.99. The maximum atomic E-state index is 13.2. The lowest BCUT2D eigenvalue weighted by Crippen LogP contribution is -2.43. The first-order valence-corrected chi connectivity index (χ1v) is 9.55. The van der Waals surface area contributed by atoms with Crippen LogP contribution in [-0.4, -0.2) is 32.3 Å². The highest BCUT2D eigenvalue weighted by atomic mass is 19.4. The number of alkyl halides is 3. The second kappa shape index (κ2) is 8.23. The van der Waals surface area contributed by atoms with Gasteiger partial charge in [0.1, 0.15) is 5.75 Å². The normalized spacial score (nSPS) is 14.6. The highest BCUT2D eigenvalue weighted by Crippen LogP contribution is 2.35. The lowest BCUT2D eigenvalue weighted by Gasteiger charge is -2.31. The van der Waals surface area contributed by atoms with E-state index in [9.17, 15) is 18.0 Å². The van der Waals surface area contributed by atoms with Gasteiger partial charge in [-0.15, -0.1) is 0 Å². The minimum Gasteiger partial charge on any atom is -0.410 e. The molecule has 0 aliphatic carbocycles. The Balaban J connectivity index is 1.58. The quantitative estimate of drug-likeness (QED) is 0.640. The summed E-state index contributed by atoms with van der Waals surface area (Å²) in [5.41, 5.74) is -0.236. The van der Waals surface area contributed by atoms with Gasteiger partial charge in [0, 0.05) is 26.2 Å². The maximum Gasteiger partial charge on any atom is 0.417 e. The van der Waals surface area contributed by atoms with Crippen LogP contribution in [0.3, 0.4) is 0 Å². The van der Waals surface area contributed by atoms with E-state index in [4.69, 9.17) is 4.74 Å². The smallest absolute Gasteiger partial charge is 0.410 e. The van der Waals surface area contributed by atoms with Gasteiger partial charge < -0.3 is 15.0 Å². The van der Waals surface area contributed by atoms with Crippen molar-refractivity contribution in [3.05, 3.63) is 66.2 Å². The predicted molar refractivity (Wildman–Crippen MR) is 110 cm³/mol. The molecule has 30 heavy (non-hydrogen) atoms. The first-order chi connectivity index (χ1) is 14.4. The topological polar surface area (TPSA) is 53.6 Å². The largest absolute Gasteiger partial charge is 0.417 e. The van der Waals surface area contributed by atoms with Crippen LogP contribution in [0.2, 0.25) is 0 Å². The molecule has 0 unspecified atom stereocenters. The molecule has 1 aliphatic heterocycles. The lowest BCUT2D eigenvalue weighted by atomic mass is 10.1. The molecule has 1 aliphatic rings. The van der Waals surface area contributed by atoms with Crippen molar-refractivity contribution in [2.24, 2.45) is 0 Å². The Morgan fingerprint density at radius 1 is 0.967 bits per heavy atom. The molecule has 1 heterocycles. The van der Waals surface area contributed by atoms with Crippen molar-refractivity contribution in [2.75, 3.05) is 36.4 Å². The van der Waals surface area contributed by atoms with Gasteiger partial charge in [0.05, 0.1) is 16.9 Å². The molecule has 5 nitrogen and oxygen atoms in total. The molecular weight excluding hydrogens is 395 g/mol. The van der Waals surface area contributed by atoms with Gasteiger partial charge in [-0.25, -0.2) is 4.79 Å². The fourth-order valence-electron chi connectivity index (χ4n) is 3.47.